The van der Waals surface area contributed by atoms with E-state index in [0.29, 0.717) is 28.8 Å². The average molecular weight is 456 g/mol. The van der Waals surface area contributed by atoms with Crippen molar-refractivity contribution in [2.75, 3.05) is 18.4 Å². The maximum absolute atomic E-state index is 12.7. The van der Waals surface area contributed by atoms with Gasteiger partial charge < -0.3 is 15.5 Å². The normalized spacial score (nSPS) is 15.6. The number of nitrogens with zero attached hydrogens (tertiary/aromatic N) is 3. The van der Waals surface area contributed by atoms with Gasteiger partial charge in [0.25, 0.3) is 5.91 Å². The monoisotopic (exact) mass is 455 g/mol. The van der Waals surface area contributed by atoms with Crippen molar-refractivity contribution in [3.8, 4) is 0 Å². The molecular formula is C22H22ClN5O2S. The van der Waals surface area contributed by atoms with Gasteiger partial charge in [-0.2, -0.15) is 0 Å². The summed E-state index contributed by atoms with van der Waals surface area (Å²) in [6, 6.07) is 16.6. The van der Waals surface area contributed by atoms with Crippen molar-refractivity contribution < 1.29 is 9.59 Å². The lowest BCUT2D eigenvalue weighted by Crippen LogP contribution is -2.40. The molecule has 0 unspecified atom stereocenters. The molecule has 9 heteroatoms. The average Bonchev–Trinajstić information content (AvgIpc) is 3.46. The van der Waals surface area contributed by atoms with Gasteiger partial charge in [0.2, 0.25) is 5.01 Å². The maximum Gasteiger partial charge on any atom is 0.318 e. The quantitative estimate of drug-likeness (QED) is 0.571. The highest BCUT2D eigenvalue weighted by atomic mass is 35.5. The second-order valence-corrected chi connectivity index (χ2v) is 8.67. The van der Waals surface area contributed by atoms with Gasteiger partial charge in [-0.05, 0) is 49.1 Å². The number of hydrogen-bond donors (Lipinski definition) is 2. The molecule has 160 valence electrons. The summed E-state index contributed by atoms with van der Waals surface area (Å²) < 4.78 is 0. The molecular weight excluding hydrogens is 434 g/mol. The van der Waals surface area contributed by atoms with Gasteiger partial charge in [-0.15, -0.1) is 10.2 Å². The van der Waals surface area contributed by atoms with Gasteiger partial charge >= 0.3 is 6.03 Å². The fraction of sp³-hybridized carbons (Fsp3) is 0.273. The number of rotatable bonds is 6. The first-order valence-corrected chi connectivity index (χ1v) is 11.3. The van der Waals surface area contributed by atoms with E-state index in [0.717, 1.165) is 19.3 Å². The Morgan fingerprint density at radius 2 is 1.87 bits per heavy atom. The minimum atomic E-state index is -0.331. The van der Waals surface area contributed by atoms with Gasteiger partial charge in [0.05, 0.1) is 6.04 Å². The van der Waals surface area contributed by atoms with Crippen molar-refractivity contribution in [1.29, 1.82) is 0 Å². The van der Waals surface area contributed by atoms with E-state index in [9.17, 15) is 9.59 Å². The van der Waals surface area contributed by atoms with Gasteiger partial charge in [0.1, 0.15) is 5.01 Å². The number of carbonyl (C=O) groups excluding carboxylic acids is 2. The second-order valence-electron chi connectivity index (χ2n) is 7.23. The number of carbonyl (C=O) groups is 2. The number of anilines is 1. The largest absolute Gasteiger partial charge is 0.338 e. The van der Waals surface area contributed by atoms with Crippen LogP contribution in [0.25, 0.3) is 0 Å². The van der Waals surface area contributed by atoms with Crippen molar-refractivity contribution in [2.24, 2.45) is 0 Å². The summed E-state index contributed by atoms with van der Waals surface area (Å²) in [5.41, 5.74) is 1.81. The van der Waals surface area contributed by atoms with E-state index in [-0.39, 0.29) is 23.0 Å². The molecule has 2 aromatic carbocycles. The van der Waals surface area contributed by atoms with Crippen molar-refractivity contribution in [3.63, 3.8) is 0 Å². The highest BCUT2D eigenvalue weighted by Gasteiger charge is 2.33. The summed E-state index contributed by atoms with van der Waals surface area (Å²) >= 11 is 7.09. The van der Waals surface area contributed by atoms with Crippen LogP contribution in [-0.4, -0.2) is 40.1 Å². The van der Waals surface area contributed by atoms with Crippen LogP contribution in [0.4, 0.5) is 10.5 Å². The molecule has 0 bridgehead atoms. The fourth-order valence-electron chi connectivity index (χ4n) is 3.51. The topological polar surface area (TPSA) is 87.2 Å². The lowest BCUT2D eigenvalue weighted by Gasteiger charge is -2.23. The Balaban J connectivity index is 1.35. The Bertz CT molecular complexity index is 1040. The van der Waals surface area contributed by atoms with Crippen LogP contribution in [0.1, 0.15) is 39.3 Å². The molecule has 1 aromatic heterocycles. The number of likely N-dealkylation sites (tertiary alicyclic amines) is 1. The van der Waals surface area contributed by atoms with Crippen LogP contribution in [0.15, 0.2) is 54.6 Å². The predicted octanol–water partition coefficient (Wildman–Crippen LogP) is 4.53. The van der Waals surface area contributed by atoms with Crippen LogP contribution < -0.4 is 10.6 Å². The van der Waals surface area contributed by atoms with Crippen LogP contribution in [0.2, 0.25) is 5.02 Å². The number of nitrogens with one attached hydrogen (secondary N) is 2. The summed E-state index contributed by atoms with van der Waals surface area (Å²) in [6.45, 7) is 1.23. The van der Waals surface area contributed by atoms with Crippen LogP contribution >= 0.6 is 22.9 Å². The molecule has 3 aromatic rings. The highest BCUT2D eigenvalue weighted by Crippen LogP contribution is 2.33. The number of aromatic nitrogens is 2. The molecule has 1 atom stereocenters. The Hall–Kier alpha value is -2.97. The van der Waals surface area contributed by atoms with Crippen molar-refractivity contribution >= 4 is 40.6 Å². The summed E-state index contributed by atoms with van der Waals surface area (Å²) in [5.74, 6) is -0.331. The molecule has 1 aliphatic rings. The van der Waals surface area contributed by atoms with E-state index < -0.39 is 0 Å². The molecule has 4 rings (SSSR count). The standard InChI is InChI=1S/C22H22ClN5O2S/c23-16-8-10-17(11-9-16)25-19(29)21-27-26-20(31-21)18-7-4-14-28(18)22(30)24-13-12-15-5-2-1-3-6-15/h1-3,5-6,8-11,18H,4,7,12-14H2,(H,24,30)(H,25,29)/t18-/m0/s1. The second kappa shape index (κ2) is 9.89. The molecule has 0 aliphatic carbocycles. The Labute approximate surface area is 189 Å². The molecule has 2 heterocycles. The molecule has 1 aliphatic heterocycles. The molecule has 1 saturated heterocycles. The molecule has 0 radical (unpaired) electrons. The minimum Gasteiger partial charge on any atom is -0.338 e. The summed E-state index contributed by atoms with van der Waals surface area (Å²) in [4.78, 5) is 27.0. The first-order valence-electron chi connectivity index (χ1n) is 10.1. The Kier molecular flexibility index (Phi) is 6.79. The maximum atomic E-state index is 12.7. The molecule has 0 spiro atoms. The molecule has 3 amide bonds. The number of benzene rings is 2. The molecule has 0 saturated carbocycles. The van der Waals surface area contributed by atoms with Gasteiger partial charge in [-0.1, -0.05) is 53.3 Å². The summed E-state index contributed by atoms with van der Waals surface area (Å²) in [5, 5.41) is 15.6. The van der Waals surface area contributed by atoms with E-state index in [1.54, 1.807) is 29.2 Å². The van der Waals surface area contributed by atoms with Gasteiger partial charge in [0.15, 0.2) is 0 Å². The smallest absolute Gasteiger partial charge is 0.318 e. The molecule has 31 heavy (non-hydrogen) atoms. The SMILES string of the molecule is O=C(Nc1ccc(Cl)cc1)c1nnc([C@@H]2CCCN2C(=O)NCCc2ccccc2)s1. The first kappa shape index (κ1) is 21.3. The summed E-state index contributed by atoms with van der Waals surface area (Å²) in [7, 11) is 0. The van der Waals surface area contributed by atoms with Crippen molar-refractivity contribution in [2.45, 2.75) is 25.3 Å². The zero-order valence-electron chi connectivity index (χ0n) is 16.8. The van der Waals surface area contributed by atoms with Crippen LogP contribution in [-0.2, 0) is 6.42 Å². The zero-order chi connectivity index (χ0) is 21.6. The Morgan fingerprint density at radius 3 is 2.65 bits per heavy atom. The van der Waals surface area contributed by atoms with Crippen molar-refractivity contribution in [1.82, 2.24) is 20.4 Å². The third kappa shape index (κ3) is 5.39. The lowest BCUT2D eigenvalue weighted by atomic mass is 10.1. The molecule has 1 fully saturated rings. The number of amides is 3. The Morgan fingerprint density at radius 1 is 1.10 bits per heavy atom. The zero-order valence-corrected chi connectivity index (χ0v) is 18.3. The number of halogens is 1. The third-order valence-corrected chi connectivity index (χ3v) is 6.34. The van der Waals surface area contributed by atoms with Crippen LogP contribution in [0.3, 0.4) is 0 Å². The van der Waals surface area contributed by atoms with Crippen molar-refractivity contribution in [3.05, 3.63) is 75.2 Å². The van der Waals surface area contributed by atoms with Gasteiger partial charge in [0, 0.05) is 23.8 Å². The highest BCUT2D eigenvalue weighted by molar-refractivity contribution is 7.13. The molecule has 2 N–H and O–H groups in total. The number of urea groups is 1. The summed E-state index contributed by atoms with van der Waals surface area (Å²) in [6.07, 6.45) is 2.47. The van der Waals surface area contributed by atoms with Crippen LogP contribution in [0, 0.1) is 0 Å². The van der Waals surface area contributed by atoms with E-state index in [1.165, 1.54) is 16.9 Å². The third-order valence-electron chi connectivity index (χ3n) is 5.07. The van der Waals surface area contributed by atoms with Gasteiger partial charge in [-0.25, -0.2) is 4.79 Å². The van der Waals surface area contributed by atoms with E-state index in [2.05, 4.69) is 20.8 Å². The van der Waals surface area contributed by atoms with E-state index >= 15 is 0 Å². The minimum absolute atomic E-state index is 0.110. The predicted molar refractivity (Wildman–Crippen MR) is 122 cm³/mol. The fourth-order valence-corrected chi connectivity index (χ4v) is 4.52. The number of hydrogen-bond acceptors (Lipinski definition) is 5. The van der Waals surface area contributed by atoms with E-state index in [1.807, 2.05) is 30.3 Å². The van der Waals surface area contributed by atoms with Gasteiger partial charge in [-0.3, -0.25) is 4.79 Å². The van der Waals surface area contributed by atoms with Crippen LogP contribution in [0.5, 0.6) is 0 Å². The first-order chi connectivity index (χ1) is 15.1. The lowest BCUT2D eigenvalue weighted by molar-refractivity contribution is 0.102. The van der Waals surface area contributed by atoms with E-state index in [4.69, 9.17) is 11.6 Å². The molecule has 7 nitrogen and oxygen atoms in total.